The SMILES string of the molecule is O=C(C[C@H]1CCCO1)Nc1ccc(-c2ccccc2)cn1. The molecule has 1 fully saturated rings. The van der Waals surface area contributed by atoms with Crippen LogP contribution in [-0.4, -0.2) is 23.6 Å². The molecule has 1 N–H and O–H groups in total. The van der Waals surface area contributed by atoms with Gasteiger partial charge in [-0.25, -0.2) is 4.98 Å². The minimum Gasteiger partial charge on any atom is -0.378 e. The number of rotatable bonds is 4. The van der Waals surface area contributed by atoms with Crippen LogP contribution in [0.5, 0.6) is 0 Å². The fraction of sp³-hybridized carbons (Fsp3) is 0.294. The van der Waals surface area contributed by atoms with Crippen molar-refractivity contribution >= 4 is 11.7 Å². The van der Waals surface area contributed by atoms with Gasteiger partial charge in [-0.05, 0) is 30.5 Å². The van der Waals surface area contributed by atoms with Gasteiger partial charge in [-0.1, -0.05) is 30.3 Å². The first-order valence-electron chi connectivity index (χ1n) is 7.24. The van der Waals surface area contributed by atoms with E-state index in [9.17, 15) is 4.79 Å². The number of hydrogen-bond acceptors (Lipinski definition) is 3. The minimum absolute atomic E-state index is 0.0399. The van der Waals surface area contributed by atoms with E-state index < -0.39 is 0 Å². The largest absolute Gasteiger partial charge is 0.378 e. The molecule has 0 radical (unpaired) electrons. The first-order chi connectivity index (χ1) is 10.3. The van der Waals surface area contributed by atoms with Crippen molar-refractivity contribution in [3.8, 4) is 11.1 Å². The Labute approximate surface area is 124 Å². The van der Waals surface area contributed by atoms with Crippen molar-refractivity contribution in [1.29, 1.82) is 0 Å². The summed E-state index contributed by atoms with van der Waals surface area (Å²) in [7, 11) is 0. The highest BCUT2D eigenvalue weighted by Gasteiger charge is 2.19. The zero-order chi connectivity index (χ0) is 14.5. The lowest BCUT2D eigenvalue weighted by Crippen LogP contribution is -2.19. The molecular formula is C17H18N2O2. The van der Waals surface area contributed by atoms with Crippen LogP contribution in [-0.2, 0) is 9.53 Å². The van der Waals surface area contributed by atoms with Gasteiger partial charge in [0.2, 0.25) is 5.91 Å². The summed E-state index contributed by atoms with van der Waals surface area (Å²) in [5, 5.41) is 2.82. The molecule has 1 aromatic carbocycles. The summed E-state index contributed by atoms with van der Waals surface area (Å²) in [6.07, 6.45) is 4.25. The molecule has 1 aliphatic rings. The summed E-state index contributed by atoms with van der Waals surface area (Å²) in [5.41, 5.74) is 2.15. The van der Waals surface area contributed by atoms with E-state index in [4.69, 9.17) is 4.74 Å². The van der Waals surface area contributed by atoms with Crippen molar-refractivity contribution in [2.75, 3.05) is 11.9 Å². The van der Waals surface area contributed by atoms with Gasteiger partial charge in [0.25, 0.3) is 0 Å². The fourth-order valence-corrected chi connectivity index (χ4v) is 2.48. The smallest absolute Gasteiger partial charge is 0.228 e. The number of nitrogens with one attached hydrogen (secondary N) is 1. The van der Waals surface area contributed by atoms with Crippen LogP contribution in [0.2, 0.25) is 0 Å². The average Bonchev–Trinajstić information content (AvgIpc) is 3.02. The number of benzene rings is 1. The average molecular weight is 282 g/mol. The molecule has 0 unspecified atom stereocenters. The lowest BCUT2D eigenvalue weighted by Gasteiger charge is -2.09. The lowest BCUT2D eigenvalue weighted by atomic mass is 10.1. The molecule has 21 heavy (non-hydrogen) atoms. The molecular weight excluding hydrogens is 264 g/mol. The summed E-state index contributed by atoms with van der Waals surface area (Å²) in [5.74, 6) is 0.541. The van der Waals surface area contributed by atoms with Gasteiger partial charge >= 0.3 is 0 Å². The maximum absolute atomic E-state index is 11.9. The van der Waals surface area contributed by atoms with Crippen LogP contribution in [0.4, 0.5) is 5.82 Å². The molecule has 1 aliphatic heterocycles. The van der Waals surface area contributed by atoms with Crippen molar-refractivity contribution < 1.29 is 9.53 Å². The first-order valence-corrected chi connectivity index (χ1v) is 7.24. The maximum atomic E-state index is 11.9. The van der Waals surface area contributed by atoms with E-state index >= 15 is 0 Å². The van der Waals surface area contributed by atoms with Gasteiger partial charge in [0, 0.05) is 18.4 Å². The number of amides is 1. The molecule has 2 aromatic rings. The normalized spacial score (nSPS) is 17.6. The topological polar surface area (TPSA) is 51.2 Å². The molecule has 4 heteroatoms. The highest BCUT2D eigenvalue weighted by atomic mass is 16.5. The number of carbonyl (C=O) groups is 1. The molecule has 0 aliphatic carbocycles. The van der Waals surface area contributed by atoms with Crippen LogP contribution in [0.3, 0.4) is 0 Å². The monoisotopic (exact) mass is 282 g/mol. The number of hydrogen-bond donors (Lipinski definition) is 1. The lowest BCUT2D eigenvalue weighted by molar-refractivity contribution is -0.118. The number of ether oxygens (including phenoxy) is 1. The van der Waals surface area contributed by atoms with E-state index in [0.717, 1.165) is 30.6 Å². The van der Waals surface area contributed by atoms with E-state index in [2.05, 4.69) is 10.3 Å². The van der Waals surface area contributed by atoms with Crippen molar-refractivity contribution in [2.45, 2.75) is 25.4 Å². The van der Waals surface area contributed by atoms with Gasteiger partial charge < -0.3 is 10.1 Å². The van der Waals surface area contributed by atoms with E-state index in [0.29, 0.717) is 12.2 Å². The summed E-state index contributed by atoms with van der Waals surface area (Å²) in [4.78, 5) is 16.2. The van der Waals surface area contributed by atoms with Crippen LogP contribution in [0.1, 0.15) is 19.3 Å². The summed E-state index contributed by atoms with van der Waals surface area (Å²) >= 11 is 0. The highest BCUT2D eigenvalue weighted by Crippen LogP contribution is 2.20. The highest BCUT2D eigenvalue weighted by molar-refractivity contribution is 5.90. The van der Waals surface area contributed by atoms with Crippen molar-refractivity contribution in [3.05, 3.63) is 48.7 Å². The number of anilines is 1. The van der Waals surface area contributed by atoms with Crippen molar-refractivity contribution in [2.24, 2.45) is 0 Å². The van der Waals surface area contributed by atoms with Crippen molar-refractivity contribution in [1.82, 2.24) is 4.98 Å². The Morgan fingerprint density at radius 3 is 2.71 bits per heavy atom. The Morgan fingerprint density at radius 1 is 1.19 bits per heavy atom. The molecule has 2 heterocycles. The second-order valence-corrected chi connectivity index (χ2v) is 5.19. The Kier molecular flexibility index (Phi) is 4.26. The van der Waals surface area contributed by atoms with Crippen LogP contribution in [0.15, 0.2) is 48.7 Å². The molecule has 4 nitrogen and oxygen atoms in total. The first kappa shape index (κ1) is 13.8. The van der Waals surface area contributed by atoms with Crippen LogP contribution in [0, 0.1) is 0 Å². The summed E-state index contributed by atoms with van der Waals surface area (Å²) in [6, 6.07) is 13.8. The van der Waals surface area contributed by atoms with Crippen molar-refractivity contribution in [3.63, 3.8) is 0 Å². The van der Waals surface area contributed by atoms with Gasteiger partial charge in [-0.2, -0.15) is 0 Å². The third-order valence-electron chi connectivity index (χ3n) is 3.58. The van der Waals surface area contributed by atoms with Gasteiger partial charge in [0.15, 0.2) is 0 Å². The molecule has 1 saturated heterocycles. The van der Waals surface area contributed by atoms with E-state index in [1.807, 2.05) is 42.5 Å². The third kappa shape index (κ3) is 3.67. The third-order valence-corrected chi connectivity index (χ3v) is 3.58. The summed E-state index contributed by atoms with van der Waals surface area (Å²) in [6.45, 7) is 0.766. The van der Waals surface area contributed by atoms with Crippen LogP contribution in [0.25, 0.3) is 11.1 Å². The minimum atomic E-state index is -0.0399. The van der Waals surface area contributed by atoms with Gasteiger partial charge in [-0.3, -0.25) is 4.79 Å². The molecule has 1 amide bonds. The molecule has 1 atom stereocenters. The molecule has 3 rings (SSSR count). The zero-order valence-electron chi connectivity index (χ0n) is 11.8. The Bertz CT molecular complexity index is 590. The quantitative estimate of drug-likeness (QED) is 0.936. The van der Waals surface area contributed by atoms with Crippen LogP contribution < -0.4 is 5.32 Å². The molecule has 1 aromatic heterocycles. The molecule has 0 spiro atoms. The molecule has 0 saturated carbocycles. The maximum Gasteiger partial charge on any atom is 0.228 e. The van der Waals surface area contributed by atoms with E-state index in [-0.39, 0.29) is 12.0 Å². The predicted octanol–water partition coefficient (Wildman–Crippen LogP) is 3.26. The van der Waals surface area contributed by atoms with E-state index in [1.54, 1.807) is 6.20 Å². The number of pyridine rings is 1. The van der Waals surface area contributed by atoms with Gasteiger partial charge in [0.05, 0.1) is 12.5 Å². The Balaban J connectivity index is 1.60. The molecule has 108 valence electrons. The van der Waals surface area contributed by atoms with Crippen LogP contribution >= 0.6 is 0 Å². The second kappa shape index (κ2) is 6.50. The Morgan fingerprint density at radius 2 is 2.05 bits per heavy atom. The number of aromatic nitrogens is 1. The van der Waals surface area contributed by atoms with Gasteiger partial charge in [-0.15, -0.1) is 0 Å². The molecule has 0 bridgehead atoms. The second-order valence-electron chi connectivity index (χ2n) is 5.19. The zero-order valence-corrected chi connectivity index (χ0v) is 11.8. The van der Waals surface area contributed by atoms with Gasteiger partial charge in [0.1, 0.15) is 5.82 Å². The Hall–Kier alpha value is -2.20. The number of carbonyl (C=O) groups excluding carboxylic acids is 1. The van der Waals surface area contributed by atoms with E-state index in [1.165, 1.54) is 0 Å². The predicted molar refractivity (Wildman–Crippen MR) is 81.9 cm³/mol. The standard InChI is InChI=1S/C17H18N2O2/c20-17(11-15-7-4-10-21-15)19-16-9-8-14(12-18-16)13-5-2-1-3-6-13/h1-3,5-6,8-9,12,15H,4,7,10-11H2,(H,18,19,20)/t15-/m1/s1. The fourth-order valence-electron chi connectivity index (χ4n) is 2.48. The number of nitrogens with zero attached hydrogens (tertiary/aromatic N) is 1. The summed E-state index contributed by atoms with van der Waals surface area (Å²) < 4.78 is 5.46.